The molecule has 2 rings (SSSR count). The van der Waals surface area contributed by atoms with E-state index in [4.69, 9.17) is 16.3 Å². The highest BCUT2D eigenvalue weighted by atomic mass is 35.5. The molecule has 0 aliphatic carbocycles. The SMILES string of the molecule is CC(C)(C)OC(=O)NC(Cc1ccc(-c2ccc(Cl)cc2)s1)C(=O)O. The van der Waals surface area contributed by atoms with Gasteiger partial charge >= 0.3 is 12.1 Å². The lowest BCUT2D eigenvalue weighted by molar-refractivity contribution is -0.139. The molecule has 1 atom stereocenters. The Morgan fingerprint density at radius 1 is 1.20 bits per heavy atom. The van der Waals surface area contributed by atoms with Gasteiger partial charge in [0.05, 0.1) is 0 Å². The van der Waals surface area contributed by atoms with Gasteiger partial charge in [0.1, 0.15) is 11.6 Å². The third kappa shape index (κ3) is 6.07. The van der Waals surface area contributed by atoms with E-state index in [1.807, 2.05) is 24.3 Å². The van der Waals surface area contributed by atoms with Crippen LogP contribution in [0.2, 0.25) is 5.02 Å². The van der Waals surface area contributed by atoms with Crippen molar-refractivity contribution in [2.24, 2.45) is 0 Å². The summed E-state index contributed by atoms with van der Waals surface area (Å²) in [6, 6.07) is 10.2. The number of benzene rings is 1. The Bertz CT molecular complexity index is 749. The van der Waals surface area contributed by atoms with Gasteiger partial charge in [-0.3, -0.25) is 0 Å². The number of halogens is 1. The molecule has 2 aromatic rings. The number of nitrogens with one attached hydrogen (secondary N) is 1. The molecule has 2 N–H and O–H groups in total. The van der Waals surface area contributed by atoms with E-state index < -0.39 is 23.7 Å². The first-order chi connectivity index (χ1) is 11.6. The number of rotatable bonds is 5. The second-order valence-corrected chi connectivity index (χ2v) is 8.12. The van der Waals surface area contributed by atoms with Gasteiger partial charge in [-0.15, -0.1) is 11.3 Å². The molecule has 0 aliphatic rings. The van der Waals surface area contributed by atoms with E-state index in [0.29, 0.717) is 5.02 Å². The molecule has 1 aromatic heterocycles. The lowest BCUT2D eigenvalue weighted by Crippen LogP contribution is -2.44. The molecule has 1 amide bonds. The average Bonchev–Trinajstić information content (AvgIpc) is 2.94. The summed E-state index contributed by atoms with van der Waals surface area (Å²) >= 11 is 7.37. The Labute approximate surface area is 155 Å². The van der Waals surface area contributed by atoms with E-state index in [1.165, 1.54) is 11.3 Å². The first kappa shape index (κ1) is 19.3. The summed E-state index contributed by atoms with van der Waals surface area (Å²) in [6.45, 7) is 5.17. The van der Waals surface area contributed by atoms with Crippen LogP contribution in [0.5, 0.6) is 0 Å². The average molecular weight is 382 g/mol. The van der Waals surface area contributed by atoms with E-state index in [9.17, 15) is 14.7 Å². The number of hydrogen-bond acceptors (Lipinski definition) is 4. The maximum atomic E-state index is 11.8. The highest BCUT2D eigenvalue weighted by molar-refractivity contribution is 7.15. The van der Waals surface area contributed by atoms with Gasteiger partial charge in [-0.2, -0.15) is 0 Å². The molecule has 1 aromatic carbocycles. The molecule has 7 heteroatoms. The third-order valence-corrected chi connectivity index (χ3v) is 4.59. The van der Waals surface area contributed by atoms with Gasteiger partial charge in [0, 0.05) is 21.2 Å². The largest absolute Gasteiger partial charge is 0.480 e. The highest BCUT2D eigenvalue weighted by Crippen LogP contribution is 2.29. The minimum absolute atomic E-state index is 0.187. The predicted molar refractivity (Wildman–Crippen MR) is 99.3 cm³/mol. The molecule has 0 spiro atoms. The molecule has 0 fully saturated rings. The monoisotopic (exact) mass is 381 g/mol. The summed E-state index contributed by atoms with van der Waals surface area (Å²) in [5.74, 6) is -1.10. The second-order valence-electron chi connectivity index (χ2n) is 6.51. The second kappa shape index (κ2) is 7.89. The molecule has 1 unspecified atom stereocenters. The number of ether oxygens (including phenoxy) is 1. The molecule has 1 heterocycles. The van der Waals surface area contributed by atoms with Gasteiger partial charge in [0.15, 0.2) is 0 Å². The smallest absolute Gasteiger partial charge is 0.408 e. The van der Waals surface area contributed by atoms with Crippen LogP contribution in [-0.2, 0) is 16.0 Å². The molecular weight excluding hydrogens is 362 g/mol. The number of carbonyl (C=O) groups excluding carboxylic acids is 1. The lowest BCUT2D eigenvalue weighted by atomic mass is 10.1. The third-order valence-electron chi connectivity index (χ3n) is 3.18. The summed E-state index contributed by atoms with van der Waals surface area (Å²) in [6.07, 6.45) is -0.554. The van der Waals surface area contributed by atoms with Crippen LogP contribution in [0.3, 0.4) is 0 Å². The van der Waals surface area contributed by atoms with Crippen LogP contribution >= 0.6 is 22.9 Å². The molecular formula is C18H20ClNO4S. The van der Waals surface area contributed by atoms with Crippen molar-refractivity contribution >= 4 is 35.0 Å². The van der Waals surface area contributed by atoms with Crippen LogP contribution in [0, 0.1) is 0 Å². The van der Waals surface area contributed by atoms with Crippen molar-refractivity contribution < 1.29 is 19.4 Å². The summed E-state index contributed by atoms with van der Waals surface area (Å²) in [5.41, 5.74) is 0.324. The van der Waals surface area contributed by atoms with Gasteiger partial charge in [-0.1, -0.05) is 23.7 Å². The van der Waals surface area contributed by atoms with E-state index in [0.717, 1.165) is 15.3 Å². The molecule has 134 valence electrons. The maximum absolute atomic E-state index is 11.8. The van der Waals surface area contributed by atoms with Crippen LogP contribution in [-0.4, -0.2) is 28.8 Å². The fourth-order valence-electron chi connectivity index (χ4n) is 2.11. The van der Waals surface area contributed by atoms with E-state index in [1.54, 1.807) is 32.9 Å². The predicted octanol–water partition coefficient (Wildman–Crippen LogP) is 4.59. The highest BCUT2D eigenvalue weighted by Gasteiger charge is 2.24. The van der Waals surface area contributed by atoms with E-state index in [-0.39, 0.29) is 6.42 Å². The molecule has 25 heavy (non-hydrogen) atoms. The summed E-state index contributed by atoms with van der Waals surface area (Å²) in [4.78, 5) is 25.1. The van der Waals surface area contributed by atoms with Gasteiger partial charge in [-0.25, -0.2) is 9.59 Å². The number of carboxylic acid groups (broad SMARTS) is 1. The molecule has 5 nitrogen and oxygen atoms in total. The Morgan fingerprint density at radius 3 is 2.40 bits per heavy atom. The Balaban J connectivity index is 2.06. The van der Waals surface area contributed by atoms with Crippen molar-refractivity contribution in [1.82, 2.24) is 5.32 Å². The number of amides is 1. The molecule has 0 aliphatic heterocycles. The fourth-order valence-corrected chi connectivity index (χ4v) is 3.29. The number of alkyl carbamates (subject to hydrolysis) is 1. The summed E-state index contributed by atoms with van der Waals surface area (Å²) < 4.78 is 5.12. The number of carbonyl (C=O) groups is 2. The zero-order chi connectivity index (χ0) is 18.6. The van der Waals surface area contributed by atoms with Crippen LogP contribution in [0.15, 0.2) is 36.4 Å². The minimum atomic E-state index is -1.10. The summed E-state index contributed by atoms with van der Waals surface area (Å²) in [5, 5.41) is 12.4. The molecule has 0 radical (unpaired) electrons. The standard InChI is InChI=1S/C18H20ClNO4S/c1-18(2,3)24-17(23)20-14(16(21)22)10-13-8-9-15(25-13)11-4-6-12(19)7-5-11/h4-9,14H,10H2,1-3H3,(H,20,23)(H,21,22). The van der Waals surface area contributed by atoms with Crippen LogP contribution in [0.4, 0.5) is 4.79 Å². The zero-order valence-corrected chi connectivity index (χ0v) is 15.8. The van der Waals surface area contributed by atoms with Crippen molar-refractivity contribution in [1.29, 1.82) is 0 Å². The summed E-state index contributed by atoms with van der Waals surface area (Å²) in [7, 11) is 0. The van der Waals surface area contributed by atoms with Gasteiger partial charge in [-0.05, 0) is 50.6 Å². The van der Waals surface area contributed by atoms with Crippen molar-refractivity contribution in [3.05, 3.63) is 46.3 Å². The van der Waals surface area contributed by atoms with Gasteiger partial charge in [0.25, 0.3) is 0 Å². The van der Waals surface area contributed by atoms with Crippen molar-refractivity contribution in [2.75, 3.05) is 0 Å². The lowest BCUT2D eigenvalue weighted by Gasteiger charge is -2.21. The Hall–Kier alpha value is -2.05. The first-order valence-electron chi connectivity index (χ1n) is 7.71. The number of thiophene rings is 1. The number of hydrogen-bond donors (Lipinski definition) is 2. The van der Waals surface area contributed by atoms with Crippen molar-refractivity contribution in [3.63, 3.8) is 0 Å². The molecule has 0 saturated carbocycles. The quantitative estimate of drug-likeness (QED) is 0.794. The minimum Gasteiger partial charge on any atom is -0.480 e. The first-order valence-corrected chi connectivity index (χ1v) is 8.90. The Kier molecular flexibility index (Phi) is 6.08. The van der Waals surface area contributed by atoms with Crippen LogP contribution in [0.1, 0.15) is 25.6 Å². The van der Waals surface area contributed by atoms with Gasteiger partial charge in [0.2, 0.25) is 0 Å². The maximum Gasteiger partial charge on any atom is 0.408 e. The molecule has 0 bridgehead atoms. The normalized spacial score (nSPS) is 12.5. The number of carboxylic acids is 1. The van der Waals surface area contributed by atoms with Gasteiger partial charge < -0.3 is 15.2 Å². The van der Waals surface area contributed by atoms with Crippen molar-refractivity contribution in [2.45, 2.75) is 38.8 Å². The molecule has 0 saturated heterocycles. The van der Waals surface area contributed by atoms with E-state index >= 15 is 0 Å². The Morgan fingerprint density at radius 2 is 1.84 bits per heavy atom. The van der Waals surface area contributed by atoms with Crippen LogP contribution in [0.25, 0.3) is 10.4 Å². The topological polar surface area (TPSA) is 75.6 Å². The fraction of sp³-hybridized carbons (Fsp3) is 0.333. The zero-order valence-electron chi connectivity index (χ0n) is 14.2. The van der Waals surface area contributed by atoms with Crippen LogP contribution < -0.4 is 5.32 Å². The number of aliphatic carboxylic acids is 1. The van der Waals surface area contributed by atoms with Crippen molar-refractivity contribution in [3.8, 4) is 10.4 Å². The van der Waals surface area contributed by atoms with E-state index in [2.05, 4.69) is 5.32 Å².